The number of nitrogens with zero attached hydrogens (tertiary/aromatic N) is 4. The highest BCUT2D eigenvalue weighted by molar-refractivity contribution is 8.14. The van der Waals surface area contributed by atoms with Crippen LogP contribution in [-0.4, -0.2) is 35.6 Å². The predicted molar refractivity (Wildman–Crippen MR) is 108 cm³/mol. The van der Waals surface area contributed by atoms with E-state index in [1.807, 2.05) is 26.2 Å². The molecule has 0 aliphatic heterocycles. The van der Waals surface area contributed by atoms with Gasteiger partial charge in [-0.15, -0.1) is 0 Å². The Morgan fingerprint density at radius 3 is 2.86 bits per heavy atom. The summed E-state index contributed by atoms with van der Waals surface area (Å²) in [6.45, 7) is 1.84. The number of thioether (sulfide) groups is 1. The van der Waals surface area contributed by atoms with Crippen LogP contribution in [0.15, 0.2) is 36.8 Å². The molecule has 0 saturated carbocycles. The Balaban J connectivity index is 1.86. The van der Waals surface area contributed by atoms with E-state index in [0.29, 0.717) is 28.2 Å². The van der Waals surface area contributed by atoms with Crippen molar-refractivity contribution in [2.45, 2.75) is 6.92 Å². The number of carbonyl (C=O) groups excluding carboxylic acids is 1. The summed E-state index contributed by atoms with van der Waals surface area (Å²) in [5.74, 6) is 0.679. The van der Waals surface area contributed by atoms with Crippen LogP contribution in [0.1, 0.15) is 17.3 Å². The van der Waals surface area contributed by atoms with Crippen LogP contribution < -0.4 is 5.73 Å². The molecule has 0 spiro atoms. The molecule has 4 aromatic rings. The highest BCUT2D eigenvalue weighted by Crippen LogP contribution is 2.31. The van der Waals surface area contributed by atoms with E-state index in [0.717, 1.165) is 22.9 Å². The highest BCUT2D eigenvalue weighted by atomic mass is 32.2. The number of benzene rings is 1. The Hall–Kier alpha value is -3.20. The Morgan fingerprint density at radius 2 is 2.14 bits per heavy atom. The zero-order chi connectivity index (χ0) is 19.8. The molecule has 3 N–H and O–H groups in total. The van der Waals surface area contributed by atoms with Gasteiger partial charge in [-0.25, -0.2) is 14.4 Å². The number of hydrogen-bond donors (Lipinski definition) is 2. The lowest BCUT2D eigenvalue weighted by Gasteiger charge is -2.04. The molecule has 0 aliphatic carbocycles. The number of H-pyrrole nitrogens is 1. The van der Waals surface area contributed by atoms with Crippen molar-refractivity contribution in [2.75, 3.05) is 11.5 Å². The summed E-state index contributed by atoms with van der Waals surface area (Å²) in [5, 5.41) is 3.83. The third-order valence-electron chi connectivity index (χ3n) is 4.30. The Morgan fingerprint density at radius 1 is 1.32 bits per heavy atom. The second-order valence-electron chi connectivity index (χ2n) is 6.18. The molecule has 4 rings (SSSR count). The number of fused-ring (bicyclic) bond motifs is 1. The average molecular weight is 396 g/mol. The van der Waals surface area contributed by atoms with Gasteiger partial charge in [-0.2, -0.15) is 5.10 Å². The Bertz CT molecular complexity index is 1200. The molecule has 0 unspecified atom stereocenters. The molecule has 0 fully saturated rings. The number of nitrogens with two attached hydrogens (primary N) is 1. The van der Waals surface area contributed by atoms with Crippen LogP contribution in [0.2, 0.25) is 0 Å². The molecule has 0 atom stereocenters. The first-order valence-corrected chi connectivity index (χ1v) is 9.56. The Labute approximate surface area is 164 Å². The second kappa shape index (κ2) is 7.08. The lowest BCUT2D eigenvalue weighted by molar-refractivity contribution is 0.108. The van der Waals surface area contributed by atoms with Crippen LogP contribution in [0.25, 0.3) is 33.5 Å². The summed E-state index contributed by atoms with van der Waals surface area (Å²) in [6, 6.07) is 4.63. The van der Waals surface area contributed by atoms with E-state index >= 15 is 0 Å². The van der Waals surface area contributed by atoms with Crippen LogP contribution in [0, 0.1) is 5.82 Å². The van der Waals surface area contributed by atoms with Crippen LogP contribution in [0.5, 0.6) is 0 Å². The number of rotatable bonds is 4. The van der Waals surface area contributed by atoms with E-state index in [1.165, 1.54) is 12.1 Å². The first-order valence-electron chi connectivity index (χ1n) is 8.58. The number of anilines is 1. The monoisotopic (exact) mass is 396 g/mol. The number of nitrogen functional groups attached to an aromatic ring is 1. The molecule has 3 heterocycles. The third-order valence-corrected chi connectivity index (χ3v) is 5.05. The molecule has 0 aliphatic rings. The van der Waals surface area contributed by atoms with Gasteiger partial charge < -0.3 is 10.7 Å². The van der Waals surface area contributed by atoms with E-state index in [2.05, 4.69) is 20.1 Å². The quantitative estimate of drug-likeness (QED) is 0.546. The number of carbonyl (C=O) groups is 1. The SMILES string of the molecule is CCSC(=O)c1c(F)ccc2nc(-c3cc(-c4cnn(C)c4)cnc3N)[nH]c12. The zero-order valence-corrected chi connectivity index (χ0v) is 16.0. The molecule has 0 amide bonds. The number of aryl methyl sites for hydroxylation is 1. The number of aromatic nitrogens is 5. The first kappa shape index (κ1) is 18.2. The molecule has 1 aromatic carbocycles. The van der Waals surface area contributed by atoms with Gasteiger partial charge in [0.15, 0.2) is 0 Å². The summed E-state index contributed by atoms with van der Waals surface area (Å²) in [6.07, 6.45) is 5.25. The van der Waals surface area contributed by atoms with Crippen LogP contribution in [-0.2, 0) is 7.05 Å². The molecular formula is C19H17FN6OS. The van der Waals surface area contributed by atoms with E-state index in [9.17, 15) is 9.18 Å². The van der Waals surface area contributed by atoms with Gasteiger partial charge in [-0.1, -0.05) is 18.7 Å². The predicted octanol–water partition coefficient (Wildman–Crippen LogP) is 3.64. The third kappa shape index (κ3) is 3.13. The van der Waals surface area contributed by atoms with Gasteiger partial charge in [-0.05, 0) is 24.0 Å². The maximum absolute atomic E-state index is 14.3. The van der Waals surface area contributed by atoms with Crippen molar-refractivity contribution < 1.29 is 9.18 Å². The van der Waals surface area contributed by atoms with Crippen molar-refractivity contribution in [3.8, 4) is 22.5 Å². The van der Waals surface area contributed by atoms with Gasteiger partial charge in [0, 0.05) is 30.6 Å². The van der Waals surface area contributed by atoms with Crippen molar-refractivity contribution in [1.29, 1.82) is 0 Å². The summed E-state index contributed by atoms with van der Waals surface area (Å²) in [7, 11) is 1.83. The van der Waals surface area contributed by atoms with Gasteiger partial charge in [0.2, 0.25) is 5.12 Å². The molecular weight excluding hydrogens is 379 g/mol. The van der Waals surface area contributed by atoms with Gasteiger partial charge in [0.25, 0.3) is 0 Å². The number of pyridine rings is 1. The van der Waals surface area contributed by atoms with Crippen molar-refractivity contribution >= 4 is 33.7 Å². The fourth-order valence-electron chi connectivity index (χ4n) is 2.98. The summed E-state index contributed by atoms with van der Waals surface area (Å²) < 4.78 is 16.0. The molecule has 0 radical (unpaired) electrons. The second-order valence-corrected chi connectivity index (χ2v) is 7.42. The molecule has 3 aromatic heterocycles. The summed E-state index contributed by atoms with van der Waals surface area (Å²) in [4.78, 5) is 24.2. The standard InChI is InChI=1S/C19H17FN6OS/c1-3-28-19(27)15-13(20)4-5-14-16(15)25-18(24-14)12-6-10(7-22-17(12)21)11-8-23-26(2)9-11/h4-9H,3H2,1-2H3,(H2,21,22)(H,24,25). The maximum atomic E-state index is 14.3. The largest absolute Gasteiger partial charge is 0.383 e. The fraction of sp³-hybridized carbons (Fsp3) is 0.158. The van der Waals surface area contributed by atoms with Gasteiger partial charge in [0.1, 0.15) is 17.5 Å². The van der Waals surface area contributed by atoms with Crippen LogP contribution in [0.3, 0.4) is 0 Å². The van der Waals surface area contributed by atoms with Gasteiger partial charge in [-0.3, -0.25) is 9.48 Å². The zero-order valence-electron chi connectivity index (χ0n) is 15.2. The lowest BCUT2D eigenvalue weighted by atomic mass is 10.1. The average Bonchev–Trinajstić information content (AvgIpc) is 3.28. The summed E-state index contributed by atoms with van der Waals surface area (Å²) >= 11 is 1.05. The number of nitrogens with one attached hydrogen (secondary N) is 1. The van der Waals surface area contributed by atoms with E-state index in [1.54, 1.807) is 17.1 Å². The van der Waals surface area contributed by atoms with E-state index in [-0.39, 0.29) is 16.5 Å². The Kier molecular flexibility index (Phi) is 4.60. The van der Waals surface area contributed by atoms with Gasteiger partial charge in [0.05, 0.1) is 28.4 Å². The summed E-state index contributed by atoms with van der Waals surface area (Å²) in [5.41, 5.74) is 9.18. The lowest BCUT2D eigenvalue weighted by Crippen LogP contribution is -2.00. The van der Waals surface area contributed by atoms with Crippen LogP contribution in [0.4, 0.5) is 10.2 Å². The van der Waals surface area contributed by atoms with E-state index < -0.39 is 5.82 Å². The molecule has 0 bridgehead atoms. The highest BCUT2D eigenvalue weighted by Gasteiger charge is 2.20. The van der Waals surface area contributed by atoms with Crippen molar-refractivity contribution in [1.82, 2.24) is 24.7 Å². The van der Waals surface area contributed by atoms with Gasteiger partial charge >= 0.3 is 0 Å². The minimum Gasteiger partial charge on any atom is -0.383 e. The first-order chi connectivity index (χ1) is 13.5. The number of hydrogen-bond acceptors (Lipinski definition) is 6. The van der Waals surface area contributed by atoms with E-state index in [4.69, 9.17) is 5.73 Å². The molecule has 142 valence electrons. The fourth-order valence-corrected chi connectivity index (χ4v) is 3.58. The number of halogens is 1. The molecule has 28 heavy (non-hydrogen) atoms. The minimum atomic E-state index is -0.580. The number of aromatic amines is 1. The van der Waals surface area contributed by atoms with Crippen molar-refractivity contribution in [3.05, 3.63) is 48.2 Å². The van der Waals surface area contributed by atoms with Crippen molar-refractivity contribution in [2.24, 2.45) is 7.05 Å². The minimum absolute atomic E-state index is 0.00181. The molecule has 9 heteroatoms. The normalized spacial score (nSPS) is 11.2. The van der Waals surface area contributed by atoms with Crippen LogP contribution >= 0.6 is 11.8 Å². The van der Waals surface area contributed by atoms with Crippen molar-refractivity contribution in [3.63, 3.8) is 0 Å². The smallest absolute Gasteiger partial charge is 0.224 e. The molecule has 7 nitrogen and oxygen atoms in total. The molecule has 0 saturated heterocycles. The topological polar surface area (TPSA) is 102 Å². The number of imidazole rings is 1. The maximum Gasteiger partial charge on any atom is 0.224 e.